The number of rotatable bonds is 6. The quantitative estimate of drug-likeness (QED) is 0.157. The van der Waals surface area contributed by atoms with Crippen LogP contribution in [0.25, 0.3) is 33.5 Å². The topological polar surface area (TPSA) is 16.1 Å². The Bertz CT molecular complexity index is 1880. The number of pyridine rings is 1. The van der Waals surface area contributed by atoms with E-state index < -0.39 is 0 Å². The minimum absolute atomic E-state index is 0. The second-order valence-electron chi connectivity index (χ2n) is 13.6. The van der Waals surface area contributed by atoms with Gasteiger partial charge in [0.15, 0.2) is 0 Å². The predicted octanol–water partition coefficient (Wildman–Crippen LogP) is 11.5. The van der Waals surface area contributed by atoms with E-state index in [-0.39, 0.29) is 31.9 Å². The molecule has 1 aromatic heterocycles. The third kappa shape index (κ3) is 7.41. The van der Waals surface area contributed by atoms with Gasteiger partial charge < -0.3 is 9.88 Å². The first-order chi connectivity index (χ1) is 21.6. The molecule has 2 nitrogen and oxygen atoms in total. The van der Waals surface area contributed by atoms with E-state index in [4.69, 9.17) is 4.98 Å². The molecule has 0 atom stereocenters. The summed E-state index contributed by atoms with van der Waals surface area (Å²) in [5.41, 5.74) is 11.6. The molecule has 234 valence electrons. The van der Waals surface area contributed by atoms with E-state index in [2.05, 4.69) is 162 Å². The maximum atomic E-state index is 4.77. The molecule has 0 spiro atoms. The third-order valence-corrected chi connectivity index (χ3v) is 8.09. The maximum absolute atomic E-state index is 4.77. The van der Waals surface area contributed by atoms with Crippen molar-refractivity contribution in [3.05, 3.63) is 157 Å². The van der Waals surface area contributed by atoms with Crippen LogP contribution in [-0.2, 0) is 31.9 Å². The SMILES string of the molecule is CC(C)(C)c1cc(N(c2[c-]c(-c3[c-]cccc3)ccc2)c2[c-]c(-c3cc(-c4ccccc4)ccn3)ccc2)cc(C(C)(C)C)c1.[Pt]. The van der Waals surface area contributed by atoms with Crippen molar-refractivity contribution in [2.75, 3.05) is 4.90 Å². The molecule has 0 aliphatic carbocycles. The number of anilines is 3. The molecule has 0 aliphatic heterocycles. The van der Waals surface area contributed by atoms with Crippen LogP contribution in [0.5, 0.6) is 0 Å². The van der Waals surface area contributed by atoms with Crippen LogP contribution < -0.4 is 4.90 Å². The minimum atomic E-state index is -0.0282. The van der Waals surface area contributed by atoms with Crippen LogP contribution in [0, 0.1) is 18.2 Å². The first-order valence-electron chi connectivity index (χ1n) is 15.6. The Morgan fingerprint density at radius 2 is 1.13 bits per heavy atom. The average Bonchev–Trinajstić information content (AvgIpc) is 3.05. The molecule has 6 aromatic rings. The van der Waals surface area contributed by atoms with E-state index in [9.17, 15) is 0 Å². The van der Waals surface area contributed by atoms with Gasteiger partial charge in [0, 0.05) is 32.9 Å². The summed E-state index contributed by atoms with van der Waals surface area (Å²) in [6.07, 6.45) is 1.88. The molecular weight excluding hydrogens is 740 g/mol. The summed E-state index contributed by atoms with van der Waals surface area (Å²) in [7, 11) is 0. The van der Waals surface area contributed by atoms with Gasteiger partial charge in [-0.05, 0) is 68.4 Å². The fraction of sp³-hybridized carbons (Fsp3) is 0.186. The summed E-state index contributed by atoms with van der Waals surface area (Å²) in [4.78, 5) is 7.05. The number of aromatic nitrogens is 1. The van der Waals surface area contributed by atoms with Gasteiger partial charge in [0.05, 0.1) is 0 Å². The Balaban J connectivity index is 0.00000417. The zero-order chi connectivity index (χ0) is 31.6. The zero-order valence-corrected chi connectivity index (χ0v) is 29.6. The second-order valence-corrected chi connectivity index (χ2v) is 13.6. The Kier molecular flexibility index (Phi) is 9.80. The normalized spacial score (nSPS) is 11.5. The molecule has 1 heterocycles. The summed E-state index contributed by atoms with van der Waals surface area (Å²) in [5.74, 6) is 0. The van der Waals surface area contributed by atoms with Crippen molar-refractivity contribution < 1.29 is 21.1 Å². The van der Waals surface area contributed by atoms with E-state index in [0.717, 1.165) is 50.6 Å². The molecule has 5 aromatic carbocycles. The van der Waals surface area contributed by atoms with Gasteiger partial charge in [-0.2, -0.15) is 42.5 Å². The minimum Gasteiger partial charge on any atom is -0.347 e. The van der Waals surface area contributed by atoms with E-state index in [1.54, 1.807) is 0 Å². The molecule has 6 rings (SSSR count). The molecule has 0 saturated carbocycles. The average molecular weight is 779 g/mol. The largest absolute Gasteiger partial charge is 0.347 e. The summed E-state index contributed by atoms with van der Waals surface area (Å²) in [6.45, 7) is 13.7. The molecule has 0 saturated heterocycles. The van der Waals surface area contributed by atoms with Crippen molar-refractivity contribution in [3.63, 3.8) is 0 Å². The molecule has 46 heavy (non-hydrogen) atoms. The van der Waals surface area contributed by atoms with Crippen LogP contribution in [0.1, 0.15) is 52.7 Å². The number of hydrogen-bond donors (Lipinski definition) is 0. The van der Waals surface area contributed by atoms with Crippen LogP contribution >= 0.6 is 0 Å². The van der Waals surface area contributed by atoms with Gasteiger partial charge in [-0.25, -0.2) is 11.1 Å². The first kappa shape index (κ1) is 33.1. The Morgan fingerprint density at radius 1 is 0.543 bits per heavy atom. The molecule has 0 radical (unpaired) electrons. The van der Waals surface area contributed by atoms with Crippen molar-refractivity contribution in [2.45, 2.75) is 52.4 Å². The van der Waals surface area contributed by atoms with Crippen molar-refractivity contribution in [1.82, 2.24) is 4.98 Å². The third-order valence-electron chi connectivity index (χ3n) is 8.09. The molecular formula is C43H39N2Pt-3. The van der Waals surface area contributed by atoms with E-state index >= 15 is 0 Å². The standard InChI is InChI=1S/C43H39N2.Pt/c1-42(2,3)36-28-37(43(4,5)6)30-40(29-36)45(38-21-13-19-33(25-38)31-15-9-7-10-16-31)39-22-14-20-35(26-39)41-27-34(23-24-44-41)32-17-11-8-12-18-32;/h7-15,17-24,27-30H,1-6H3;/q-3;. The van der Waals surface area contributed by atoms with Crippen LogP contribution in [0.15, 0.2) is 128 Å². The number of nitrogens with zero attached hydrogens (tertiary/aromatic N) is 2. The smallest absolute Gasteiger partial charge is 0.0433 e. The Morgan fingerprint density at radius 3 is 1.74 bits per heavy atom. The molecule has 0 amide bonds. The van der Waals surface area contributed by atoms with E-state index in [1.165, 1.54) is 11.1 Å². The summed E-state index contributed by atoms with van der Waals surface area (Å²) in [5, 5.41) is 0. The maximum Gasteiger partial charge on any atom is 0.0433 e. The van der Waals surface area contributed by atoms with Gasteiger partial charge >= 0.3 is 0 Å². The first-order valence-corrected chi connectivity index (χ1v) is 15.6. The summed E-state index contributed by atoms with van der Waals surface area (Å²) < 4.78 is 0. The molecule has 0 unspecified atom stereocenters. The summed E-state index contributed by atoms with van der Waals surface area (Å²) in [6, 6.07) is 53.2. The molecule has 3 heteroatoms. The fourth-order valence-corrected chi connectivity index (χ4v) is 5.44. The predicted molar refractivity (Wildman–Crippen MR) is 189 cm³/mol. The fourth-order valence-electron chi connectivity index (χ4n) is 5.44. The van der Waals surface area contributed by atoms with Crippen LogP contribution in [-0.4, -0.2) is 4.98 Å². The van der Waals surface area contributed by atoms with Crippen molar-refractivity contribution in [1.29, 1.82) is 0 Å². The van der Waals surface area contributed by atoms with Gasteiger partial charge in [0.25, 0.3) is 0 Å². The summed E-state index contributed by atoms with van der Waals surface area (Å²) >= 11 is 0. The van der Waals surface area contributed by atoms with Crippen LogP contribution in [0.3, 0.4) is 0 Å². The Hall–Kier alpha value is -4.26. The molecule has 0 bridgehead atoms. The monoisotopic (exact) mass is 778 g/mol. The van der Waals surface area contributed by atoms with E-state index in [1.807, 2.05) is 30.5 Å². The van der Waals surface area contributed by atoms with Gasteiger partial charge in [-0.3, -0.25) is 0 Å². The number of hydrogen-bond acceptors (Lipinski definition) is 2. The zero-order valence-electron chi connectivity index (χ0n) is 27.3. The van der Waals surface area contributed by atoms with Gasteiger partial charge in [0.2, 0.25) is 0 Å². The molecule has 0 fully saturated rings. The molecule has 0 N–H and O–H groups in total. The number of benzene rings is 5. The van der Waals surface area contributed by atoms with Crippen molar-refractivity contribution in [3.8, 4) is 33.5 Å². The van der Waals surface area contributed by atoms with E-state index in [0.29, 0.717) is 0 Å². The van der Waals surface area contributed by atoms with Gasteiger partial charge in [-0.1, -0.05) is 84.0 Å². The van der Waals surface area contributed by atoms with Crippen LogP contribution in [0.2, 0.25) is 0 Å². The van der Waals surface area contributed by atoms with Gasteiger partial charge in [0.1, 0.15) is 0 Å². The van der Waals surface area contributed by atoms with Crippen LogP contribution in [0.4, 0.5) is 17.1 Å². The van der Waals surface area contributed by atoms with Gasteiger partial charge in [-0.15, -0.1) is 42.0 Å². The Labute approximate surface area is 289 Å². The second kappa shape index (κ2) is 13.6. The van der Waals surface area contributed by atoms with Crippen molar-refractivity contribution in [2.24, 2.45) is 0 Å². The molecule has 0 aliphatic rings. The van der Waals surface area contributed by atoms with Crippen molar-refractivity contribution >= 4 is 17.1 Å².